The van der Waals surface area contributed by atoms with Gasteiger partial charge in [0.15, 0.2) is 6.61 Å². The first-order chi connectivity index (χ1) is 12.2. The number of hydrogen-bond acceptors (Lipinski definition) is 6. The maximum Gasteiger partial charge on any atom is 0.264 e. The average molecular weight is 339 g/mol. The van der Waals surface area contributed by atoms with Gasteiger partial charge in [0.1, 0.15) is 17.1 Å². The van der Waals surface area contributed by atoms with Crippen LogP contribution in [-0.4, -0.2) is 25.1 Å². The van der Waals surface area contributed by atoms with Crippen LogP contribution in [0.3, 0.4) is 0 Å². The summed E-state index contributed by atoms with van der Waals surface area (Å²) in [6.07, 6.45) is 0. The van der Waals surface area contributed by atoms with Gasteiger partial charge >= 0.3 is 0 Å². The Morgan fingerprint density at radius 3 is 2.80 bits per heavy atom. The van der Waals surface area contributed by atoms with E-state index in [1.807, 2.05) is 29.8 Å². The molecule has 0 unspecified atom stereocenters. The molecule has 0 spiro atoms. The fourth-order valence-corrected chi connectivity index (χ4v) is 2.45. The highest BCUT2D eigenvalue weighted by atomic mass is 19.1. The quantitative estimate of drug-likeness (QED) is 0.555. The van der Waals surface area contributed by atoms with Crippen LogP contribution in [0.25, 0.3) is 22.4 Å². The second-order valence-electron chi connectivity index (χ2n) is 5.36. The lowest BCUT2D eigenvalue weighted by Crippen LogP contribution is -1.96. The molecular weight excluding hydrogens is 325 g/mol. The second kappa shape index (κ2) is 6.31. The molecule has 0 saturated heterocycles. The number of fused-ring (bicyclic) bond motifs is 1. The van der Waals surface area contributed by atoms with Crippen LogP contribution in [0.2, 0.25) is 0 Å². The molecule has 7 nitrogen and oxygen atoms in total. The Labute approximate surface area is 142 Å². The molecule has 0 N–H and O–H groups in total. The van der Waals surface area contributed by atoms with Gasteiger partial charge in [-0.25, -0.2) is 9.07 Å². The van der Waals surface area contributed by atoms with Crippen LogP contribution in [0.4, 0.5) is 4.39 Å². The van der Waals surface area contributed by atoms with Gasteiger partial charge in [0.2, 0.25) is 5.82 Å². The molecule has 126 valence electrons. The number of ether oxygens (including phenoxy) is 1. The third-order valence-electron chi connectivity index (χ3n) is 3.72. The summed E-state index contributed by atoms with van der Waals surface area (Å²) in [4.78, 5) is 4.32. The lowest BCUT2D eigenvalue weighted by atomic mass is 10.2. The van der Waals surface area contributed by atoms with Crippen molar-refractivity contribution in [2.75, 3.05) is 0 Å². The number of halogens is 1. The lowest BCUT2D eigenvalue weighted by molar-refractivity contribution is 0.242. The van der Waals surface area contributed by atoms with Crippen molar-refractivity contribution in [3.05, 3.63) is 54.2 Å². The van der Waals surface area contributed by atoms with Crippen LogP contribution in [0, 0.1) is 5.82 Å². The van der Waals surface area contributed by atoms with Crippen LogP contribution in [-0.2, 0) is 13.2 Å². The van der Waals surface area contributed by atoms with Gasteiger partial charge in [-0.2, -0.15) is 4.98 Å². The second-order valence-corrected chi connectivity index (χ2v) is 5.36. The average Bonchev–Trinajstić information content (AvgIpc) is 3.27. The Hall–Kier alpha value is -3.29. The minimum absolute atomic E-state index is 0.104. The summed E-state index contributed by atoms with van der Waals surface area (Å²) >= 11 is 0. The summed E-state index contributed by atoms with van der Waals surface area (Å²) in [7, 11) is 0. The highest BCUT2D eigenvalue weighted by molar-refractivity contribution is 5.79. The minimum Gasteiger partial charge on any atom is -0.484 e. The Morgan fingerprint density at radius 1 is 1.16 bits per heavy atom. The normalized spacial score (nSPS) is 11.1. The first-order valence-corrected chi connectivity index (χ1v) is 7.77. The predicted molar refractivity (Wildman–Crippen MR) is 87.2 cm³/mol. The first-order valence-electron chi connectivity index (χ1n) is 7.77. The molecule has 2 aromatic carbocycles. The third kappa shape index (κ3) is 3.06. The molecule has 4 rings (SSSR count). The minimum atomic E-state index is -0.317. The number of nitrogens with zero attached hydrogens (tertiary/aromatic N) is 5. The molecule has 2 aromatic heterocycles. The predicted octanol–water partition coefficient (Wildman–Crippen LogP) is 3.22. The maximum atomic E-state index is 12.9. The molecule has 0 radical (unpaired) electrons. The van der Waals surface area contributed by atoms with Gasteiger partial charge < -0.3 is 9.26 Å². The molecular formula is C17H14FN5O2. The summed E-state index contributed by atoms with van der Waals surface area (Å²) < 4.78 is 25.4. The zero-order valence-corrected chi connectivity index (χ0v) is 13.4. The number of aryl methyl sites for hydroxylation is 1. The van der Waals surface area contributed by atoms with Crippen molar-refractivity contribution in [2.24, 2.45) is 0 Å². The van der Waals surface area contributed by atoms with E-state index >= 15 is 0 Å². The van der Waals surface area contributed by atoms with E-state index in [9.17, 15) is 4.39 Å². The fraction of sp³-hybridized carbons (Fsp3) is 0.176. The van der Waals surface area contributed by atoms with Gasteiger partial charge in [-0.1, -0.05) is 10.4 Å². The standard InChI is InChI=1S/C17H14FN5O2/c1-2-23-15-8-3-11(9-14(15)20-22-23)17-19-16(25-21-17)10-24-13-6-4-12(18)5-7-13/h3-9H,2,10H2,1H3. The van der Waals surface area contributed by atoms with Crippen LogP contribution < -0.4 is 4.74 Å². The van der Waals surface area contributed by atoms with E-state index in [4.69, 9.17) is 9.26 Å². The molecule has 4 aromatic rings. The summed E-state index contributed by atoms with van der Waals surface area (Å²) in [5, 5.41) is 12.2. The Balaban J connectivity index is 1.51. The van der Waals surface area contributed by atoms with Crippen LogP contribution in [0.15, 0.2) is 47.0 Å². The Bertz CT molecular complexity index is 1010. The topological polar surface area (TPSA) is 78.9 Å². The zero-order valence-electron chi connectivity index (χ0n) is 13.4. The van der Waals surface area contributed by atoms with Crippen LogP contribution in [0.5, 0.6) is 5.75 Å². The summed E-state index contributed by atoms with van der Waals surface area (Å²) in [6, 6.07) is 11.4. The van der Waals surface area contributed by atoms with E-state index in [0.29, 0.717) is 17.5 Å². The summed E-state index contributed by atoms with van der Waals surface area (Å²) in [5.74, 6) is 0.990. The van der Waals surface area contributed by atoms with Gasteiger partial charge in [0.25, 0.3) is 5.89 Å². The van der Waals surface area contributed by atoms with Crippen molar-refractivity contribution in [3.8, 4) is 17.1 Å². The molecule has 0 amide bonds. The molecule has 0 aliphatic heterocycles. The number of hydrogen-bond donors (Lipinski definition) is 0. The number of aromatic nitrogens is 5. The van der Waals surface area contributed by atoms with Crippen molar-refractivity contribution in [3.63, 3.8) is 0 Å². The maximum absolute atomic E-state index is 12.9. The van der Waals surface area contributed by atoms with Gasteiger partial charge in [0, 0.05) is 12.1 Å². The van der Waals surface area contributed by atoms with E-state index in [1.165, 1.54) is 24.3 Å². The van der Waals surface area contributed by atoms with Gasteiger partial charge in [-0.15, -0.1) is 5.10 Å². The smallest absolute Gasteiger partial charge is 0.264 e. The molecule has 2 heterocycles. The van der Waals surface area contributed by atoms with Crippen molar-refractivity contribution in [2.45, 2.75) is 20.1 Å². The van der Waals surface area contributed by atoms with Crippen molar-refractivity contribution < 1.29 is 13.7 Å². The SMILES string of the molecule is CCn1nnc2cc(-c3noc(COc4ccc(F)cc4)n3)ccc21. The molecule has 0 saturated carbocycles. The Morgan fingerprint density at radius 2 is 2.00 bits per heavy atom. The van der Waals surface area contributed by atoms with Crippen LogP contribution >= 0.6 is 0 Å². The molecule has 0 fully saturated rings. The van der Waals surface area contributed by atoms with E-state index < -0.39 is 0 Å². The fourth-order valence-electron chi connectivity index (χ4n) is 2.45. The highest BCUT2D eigenvalue weighted by Crippen LogP contribution is 2.21. The largest absolute Gasteiger partial charge is 0.484 e. The highest BCUT2D eigenvalue weighted by Gasteiger charge is 2.12. The van der Waals surface area contributed by atoms with Crippen molar-refractivity contribution >= 4 is 11.0 Å². The van der Waals surface area contributed by atoms with E-state index in [2.05, 4.69) is 20.5 Å². The van der Waals surface area contributed by atoms with Crippen molar-refractivity contribution in [1.29, 1.82) is 0 Å². The number of benzene rings is 2. The van der Waals surface area contributed by atoms with Gasteiger partial charge in [-0.3, -0.25) is 0 Å². The van der Waals surface area contributed by atoms with E-state index in [0.717, 1.165) is 23.1 Å². The molecule has 0 bridgehead atoms. The Kier molecular flexibility index (Phi) is 3.85. The molecule has 25 heavy (non-hydrogen) atoms. The van der Waals surface area contributed by atoms with Crippen LogP contribution in [0.1, 0.15) is 12.8 Å². The van der Waals surface area contributed by atoms with E-state index in [-0.39, 0.29) is 12.4 Å². The lowest BCUT2D eigenvalue weighted by Gasteiger charge is -2.01. The summed E-state index contributed by atoms with van der Waals surface area (Å²) in [5.41, 5.74) is 2.51. The molecule has 0 aliphatic carbocycles. The molecule has 8 heteroatoms. The third-order valence-corrected chi connectivity index (χ3v) is 3.72. The van der Waals surface area contributed by atoms with Gasteiger partial charge in [0.05, 0.1) is 5.52 Å². The van der Waals surface area contributed by atoms with Gasteiger partial charge in [-0.05, 0) is 49.4 Å². The number of rotatable bonds is 5. The summed E-state index contributed by atoms with van der Waals surface area (Å²) in [6.45, 7) is 2.87. The molecule has 0 aliphatic rings. The van der Waals surface area contributed by atoms with Crippen molar-refractivity contribution in [1.82, 2.24) is 25.1 Å². The monoisotopic (exact) mass is 339 g/mol. The van der Waals surface area contributed by atoms with E-state index in [1.54, 1.807) is 0 Å². The molecule has 0 atom stereocenters. The zero-order chi connectivity index (χ0) is 17.2. The first kappa shape index (κ1) is 15.3.